The summed E-state index contributed by atoms with van der Waals surface area (Å²) in [5.74, 6) is 0. The lowest BCUT2D eigenvalue weighted by atomic mass is 9.88. The van der Waals surface area contributed by atoms with E-state index in [9.17, 15) is 0 Å². The number of rotatable bonds is 3. The number of allylic oxidation sites excluding steroid dienone is 1. The first-order chi connectivity index (χ1) is 6.50. The second kappa shape index (κ2) is 4.18. The maximum Gasteiger partial charge on any atom is 0.0353 e. The molecule has 2 heteroatoms. The summed E-state index contributed by atoms with van der Waals surface area (Å²) in [7, 11) is 0. The van der Waals surface area contributed by atoms with Gasteiger partial charge in [-0.15, -0.1) is 0 Å². The Morgan fingerprint density at radius 2 is 2.00 bits per heavy atom. The van der Waals surface area contributed by atoms with E-state index in [0.29, 0.717) is 0 Å². The van der Waals surface area contributed by atoms with Gasteiger partial charge in [0, 0.05) is 24.3 Å². The Morgan fingerprint density at radius 3 is 2.43 bits per heavy atom. The molecule has 0 saturated carbocycles. The predicted molar refractivity (Wildman–Crippen MR) is 62.0 cm³/mol. The number of likely N-dealkylation sites (N-methyl/N-ethyl adjacent to an activating group) is 1. The average Bonchev–Trinajstić information content (AvgIpc) is 2.09. The lowest BCUT2D eigenvalue weighted by Crippen LogP contribution is -2.37. The van der Waals surface area contributed by atoms with Crippen LogP contribution >= 0.6 is 0 Å². The number of hydrogen-bond acceptors (Lipinski definition) is 2. The Morgan fingerprint density at radius 1 is 1.43 bits per heavy atom. The summed E-state index contributed by atoms with van der Waals surface area (Å²) in [5.41, 5.74) is 8.69. The molecule has 1 unspecified atom stereocenters. The van der Waals surface area contributed by atoms with Crippen LogP contribution in [0.2, 0.25) is 0 Å². The summed E-state index contributed by atoms with van der Waals surface area (Å²) in [5, 5.41) is 0. The van der Waals surface area contributed by atoms with E-state index in [4.69, 9.17) is 5.73 Å². The van der Waals surface area contributed by atoms with Crippen LogP contribution in [-0.4, -0.2) is 23.5 Å². The van der Waals surface area contributed by atoms with Crippen molar-refractivity contribution in [2.24, 2.45) is 5.73 Å². The molecule has 2 N–H and O–H groups in total. The highest BCUT2D eigenvalue weighted by Gasteiger charge is 2.22. The van der Waals surface area contributed by atoms with Crippen molar-refractivity contribution in [3.8, 4) is 0 Å². The van der Waals surface area contributed by atoms with Crippen LogP contribution in [0.5, 0.6) is 0 Å². The van der Waals surface area contributed by atoms with Gasteiger partial charge in [0.2, 0.25) is 0 Å². The highest BCUT2D eigenvalue weighted by atomic mass is 15.1. The largest absolute Gasteiger partial charge is 0.372 e. The van der Waals surface area contributed by atoms with Crippen molar-refractivity contribution < 1.29 is 0 Å². The first-order valence-electron chi connectivity index (χ1n) is 5.43. The molecule has 1 aliphatic carbocycles. The average molecular weight is 194 g/mol. The second-order valence-electron chi connectivity index (χ2n) is 4.35. The van der Waals surface area contributed by atoms with E-state index >= 15 is 0 Å². The molecule has 1 atom stereocenters. The molecular weight excluding hydrogens is 172 g/mol. The van der Waals surface area contributed by atoms with Gasteiger partial charge in [-0.3, -0.25) is 0 Å². The third-order valence-corrected chi connectivity index (χ3v) is 2.81. The molecule has 0 aromatic rings. The Bertz CT molecular complexity index is 257. The van der Waals surface area contributed by atoms with Crippen molar-refractivity contribution in [1.29, 1.82) is 0 Å². The van der Waals surface area contributed by atoms with Gasteiger partial charge < -0.3 is 10.6 Å². The Hall–Kier alpha value is -0.760. The van der Waals surface area contributed by atoms with Gasteiger partial charge in [0.15, 0.2) is 0 Å². The molecule has 1 aliphatic rings. The normalized spacial score (nSPS) is 26.9. The monoisotopic (exact) mass is 194 g/mol. The molecule has 0 aromatic heterocycles. The molecule has 0 heterocycles. The number of nitrogens with two attached hydrogens (primary N) is 1. The van der Waals surface area contributed by atoms with Crippen molar-refractivity contribution in [3.05, 3.63) is 23.4 Å². The summed E-state index contributed by atoms with van der Waals surface area (Å²) in [6.07, 6.45) is 5.26. The molecule has 0 spiro atoms. The van der Waals surface area contributed by atoms with Crippen LogP contribution in [0.1, 0.15) is 34.1 Å². The van der Waals surface area contributed by atoms with Gasteiger partial charge in [-0.05, 0) is 45.8 Å². The van der Waals surface area contributed by atoms with E-state index in [2.05, 4.69) is 44.7 Å². The summed E-state index contributed by atoms with van der Waals surface area (Å²) in [6.45, 7) is 10.8. The Balaban J connectivity index is 2.86. The fraction of sp³-hybridized carbons (Fsp3) is 0.667. The van der Waals surface area contributed by atoms with Crippen molar-refractivity contribution >= 4 is 0 Å². The summed E-state index contributed by atoms with van der Waals surface area (Å²) in [6, 6.07) is 0. The number of nitrogens with zero attached hydrogens (tertiary/aromatic N) is 1. The lowest BCUT2D eigenvalue weighted by molar-refractivity contribution is 0.381. The molecule has 0 bridgehead atoms. The molecule has 80 valence electrons. The fourth-order valence-electron chi connectivity index (χ4n) is 2.07. The molecule has 0 radical (unpaired) electrons. The van der Waals surface area contributed by atoms with Gasteiger partial charge in [-0.25, -0.2) is 0 Å². The van der Waals surface area contributed by atoms with Crippen LogP contribution in [0.25, 0.3) is 0 Å². The minimum absolute atomic E-state index is 0.152. The SMILES string of the molecule is CCN(CC)C1=C(C)CC(C)(N)C=C1. The summed E-state index contributed by atoms with van der Waals surface area (Å²) < 4.78 is 0. The van der Waals surface area contributed by atoms with E-state index in [-0.39, 0.29) is 5.54 Å². The molecule has 14 heavy (non-hydrogen) atoms. The van der Waals surface area contributed by atoms with Gasteiger partial charge >= 0.3 is 0 Å². The zero-order chi connectivity index (χ0) is 10.8. The lowest BCUT2D eigenvalue weighted by Gasteiger charge is -2.32. The molecule has 0 aromatic carbocycles. The molecule has 0 saturated heterocycles. The van der Waals surface area contributed by atoms with Crippen LogP contribution in [0.4, 0.5) is 0 Å². The zero-order valence-electron chi connectivity index (χ0n) is 9.80. The molecule has 0 amide bonds. The van der Waals surface area contributed by atoms with Gasteiger partial charge in [0.1, 0.15) is 0 Å². The van der Waals surface area contributed by atoms with Crippen molar-refractivity contribution in [2.45, 2.75) is 39.7 Å². The van der Waals surface area contributed by atoms with Gasteiger partial charge in [0.25, 0.3) is 0 Å². The fourth-order valence-corrected chi connectivity index (χ4v) is 2.07. The van der Waals surface area contributed by atoms with E-state index < -0.39 is 0 Å². The smallest absolute Gasteiger partial charge is 0.0353 e. The highest BCUT2D eigenvalue weighted by molar-refractivity contribution is 5.32. The minimum Gasteiger partial charge on any atom is -0.372 e. The van der Waals surface area contributed by atoms with E-state index in [0.717, 1.165) is 19.5 Å². The van der Waals surface area contributed by atoms with Gasteiger partial charge in [0.05, 0.1) is 0 Å². The third-order valence-electron chi connectivity index (χ3n) is 2.81. The summed E-state index contributed by atoms with van der Waals surface area (Å²) in [4.78, 5) is 2.38. The maximum absolute atomic E-state index is 6.07. The van der Waals surface area contributed by atoms with Gasteiger partial charge in [-0.1, -0.05) is 6.08 Å². The molecular formula is C12H22N2. The van der Waals surface area contributed by atoms with Crippen LogP contribution in [-0.2, 0) is 0 Å². The first-order valence-corrected chi connectivity index (χ1v) is 5.43. The van der Waals surface area contributed by atoms with Crippen LogP contribution in [0.3, 0.4) is 0 Å². The van der Waals surface area contributed by atoms with Crippen molar-refractivity contribution in [2.75, 3.05) is 13.1 Å². The van der Waals surface area contributed by atoms with Crippen LogP contribution in [0, 0.1) is 0 Å². The van der Waals surface area contributed by atoms with Crippen LogP contribution < -0.4 is 5.73 Å². The molecule has 0 aliphatic heterocycles. The quantitative estimate of drug-likeness (QED) is 0.747. The Kier molecular flexibility index (Phi) is 3.38. The van der Waals surface area contributed by atoms with E-state index in [1.807, 2.05) is 0 Å². The number of hydrogen-bond donors (Lipinski definition) is 1. The standard InChI is InChI=1S/C12H22N2/c1-5-14(6-2)11-7-8-12(4,13)9-10(11)3/h7-8H,5-6,9,13H2,1-4H3. The van der Waals surface area contributed by atoms with Crippen molar-refractivity contribution in [3.63, 3.8) is 0 Å². The Labute approximate surface area is 87.5 Å². The van der Waals surface area contributed by atoms with E-state index in [1.165, 1.54) is 11.3 Å². The second-order valence-corrected chi connectivity index (χ2v) is 4.35. The zero-order valence-corrected chi connectivity index (χ0v) is 9.80. The van der Waals surface area contributed by atoms with Crippen molar-refractivity contribution in [1.82, 2.24) is 4.90 Å². The van der Waals surface area contributed by atoms with Crippen LogP contribution in [0.15, 0.2) is 23.4 Å². The minimum atomic E-state index is -0.152. The van der Waals surface area contributed by atoms with E-state index in [1.54, 1.807) is 0 Å². The maximum atomic E-state index is 6.07. The van der Waals surface area contributed by atoms with Gasteiger partial charge in [-0.2, -0.15) is 0 Å². The molecule has 0 fully saturated rings. The highest BCUT2D eigenvalue weighted by Crippen LogP contribution is 2.26. The third kappa shape index (κ3) is 2.38. The molecule has 1 rings (SSSR count). The first kappa shape index (κ1) is 11.3. The predicted octanol–water partition coefficient (Wildman–Crippen LogP) is 2.28. The molecule has 2 nitrogen and oxygen atoms in total. The summed E-state index contributed by atoms with van der Waals surface area (Å²) >= 11 is 0. The topological polar surface area (TPSA) is 29.3 Å².